The number of rotatable bonds is 4. The molecule has 0 aromatic heterocycles. The lowest BCUT2D eigenvalue weighted by molar-refractivity contribution is -0.174. The molecule has 6 unspecified atom stereocenters. The monoisotopic (exact) mass is 368 g/mol. The van der Waals surface area contributed by atoms with Crippen molar-refractivity contribution in [3.8, 4) is 0 Å². The summed E-state index contributed by atoms with van der Waals surface area (Å²) in [7, 11) is 0. The lowest BCUT2D eigenvalue weighted by Crippen LogP contribution is -2.49. The van der Waals surface area contributed by atoms with Crippen LogP contribution in [0.2, 0.25) is 0 Å². The van der Waals surface area contributed by atoms with E-state index in [1.165, 1.54) is 6.92 Å². The molecule has 6 nitrogen and oxygen atoms in total. The molecule has 138 valence electrons. The summed E-state index contributed by atoms with van der Waals surface area (Å²) in [6.45, 7) is 5.50. The molecule has 1 aliphatic carbocycles. The Labute approximate surface area is 151 Å². The molecule has 4 fully saturated rings. The van der Waals surface area contributed by atoms with Gasteiger partial charge in [0, 0.05) is 6.92 Å². The number of thioether (sulfide) groups is 1. The van der Waals surface area contributed by atoms with E-state index in [9.17, 15) is 14.4 Å². The smallest absolute Gasteiger partial charge is 0.311 e. The third-order valence-electron chi connectivity index (χ3n) is 6.29. The highest BCUT2D eigenvalue weighted by Crippen LogP contribution is 2.59. The maximum Gasteiger partial charge on any atom is 0.311 e. The van der Waals surface area contributed by atoms with Crippen molar-refractivity contribution >= 4 is 29.7 Å². The van der Waals surface area contributed by atoms with Gasteiger partial charge in [-0.05, 0) is 31.6 Å². The maximum atomic E-state index is 13.1. The average Bonchev–Trinajstić information content (AvgIpc) is 3.24. The highest BCUT2D eigenvalue weighted by molar-refractivity contribution is 8.01. The van der Waals surface area contributed by atoms with Crippen LogP contribution >= 0.6 is 11.8 Å². The highest BCUT2D eigenvalue weighted by atomic mass is 32.2. The van der Waals surface area contributed by atoms with Gasteiger partial charge >= 0.3 is 17.9 Å². The van der Waals surface area contributed by atoms with E-state index in [2.05, 4.69) is 13.8 Å². The summed E-state index contributed by atoms with van der Waals surface area (Å²) in [6.07, 6.45) is 2.88. The second-order valence-corrected chi connectivity index (χ2v) is 9.30. The molecule has 7 heteroatoms. The second-order valence-electron chi connectivity index (χ2n) is 7.94. The minimum absolute atomic E-state index is 0.113. The predicted octanol–water partition coefficient (Wildman–Crippen LogP) is 2.09. The molecule has 0 spiro atoms. The predicted molar refractivity (Wildman–Crippen MR) is 89.7 cm³/mol. The van der Waals surface area contributed by atoms with Gasteiger partial charge < -0.3 is 14.2 Å². The second kappa shape index (κ2) is 5.89. The van der Waals surface area contributed by atoms with Crippen molar-refractivity contribution in [1.29, 1.82) is 0 Å². The largest absolute Gasteiger partial charge is 0.459 e. The lowest BCUT2D eigenvalue weighted by atomic mass is 9.78. The Kier molecular flexibility index (Phi) is 4.05. The Morgan fingerprint density at radius 2 is 1.92 bits per heavy atom. The SMILES string of the molecule is CC(=O)OC1C2OC(=O)C3C2SC1C3C(=O)OC1(C(C)C)CCCC1. The van der Waals surface area contributed by atoms with E-state index in [1.54, 1.807) is 11.8 Å². The van der Waals surface area contributed by atoms with Crippen molar-refractivity contribution < 1.29 is 28.6 Å². The first kappa shape index (κ1) is 17.2. The summed E-state index contributed by atoms with van der Waals surface area (Å²) in [5.41, 5.74) is -0.428. The Morgan fingerprint density at radius 1 is 1.24 bits per heavy atom. The number of esters is 3. The molecule has 1 saturated carbocycles. The van der Waals surface area contributed by atoms with Crippen molar-refractivity contribution in [2.45, 2.75) is 74.8 Å². The third kappa shape index (κ3) is 2.49. The summed E-state index contributed by atoms with van der Waals surface area (Å²) in [5, 5.41) is -0.369. The van der Waals surface area contributed by atoms with Crippen LogP contribution in [0, 0.1) is 17.8 Å². The van der Waals surface area contributed by atoms with Crippen molar-refractivity contribution in [1.82, 2.24) is 0 Å². The van der Waals surface area contributed by atoms with Gasteiger partial charge in [-0.1, -0.05) is 13.8 Å². The normalized spacial score (nSPS) is 40.4. The fourth-order valence-electron chi connectivity index (χ4n) is 4.97. The van der Waals surface area contributed by atoms with Crippen LogP contribution in [0.1, 0.15) is 46.5 Å². The minimum Gasteiger partial charge on any atom is -0.459 e. The average molecular weight is 368 g/mol. The summed E-state index contributed by atoms with van der Waals surface area (Å²) < 4.78 is 16.9. The van der Waals surface area contributed by atoms with Gasteiger partial charge in [0.1, 0.15) is 5.60 Å². The molecule has 3 saturated heterocycles. The van der Waals surface area contributed by atoms with E-state index in [-0.39, 0.29) is 28.4 Å². The van der Waals surface area contributed by atoms with E-state index in [4.69, 9.17) is 14.2 Å². The molecule has 6 atom stereocenters. The number of hydrogen-bond donors (Lipinski definition) is 0. The zero-order chi connectivity index (χ0) is 17.9. The summed E-state index contributed by atoms with van der Waals surface area (Å²) in [6, 6.07) is 0. The van der Waals surface area contributed by atoms with E-state index < -0.39 is 35.6 Å². The van der Waals surface area contributed by atoms with Crippen molar-refractivity contribution in [2.75, 3.05) is 0 Å². The van der Waals surface area contributed by atoms with Crippen LogP contribution in [-0.2, 0) is 28.6 Å². The van der Waals surface area contributed by atoms with Gasteiger partial charge in [-0.3, -0.25) is 14.4 Å². The van der Waals surface area contributed by atoms with Crippen LogP contribution in [0.4, 0.5) is 0 Å². The van der Waals surface area contributed by atoms with Crippen molar-refractivity contribution in [3.63, 3.8) is 0 Å². The van der Waals surface area contributed by atoms with E-state index in [0.29, 0.717) is 0 Å². The number of ether oxygens (including phenoxy) is 3. The first-order chi connectivity index (χ1) is 11.8. The Bertz CT molecular complexity index is 611. The van der Waals surface area contributed by atoms with E-state index >= 15 is 0 Å². The van der Waals surface area contributed by atoms with Crippen LogP contribution in [-0.4, -0.2) is 46.2 Å². The number of carbonyl (C=O) groups excluding carboxylic acids is 3. The first-order valence-electron chi connectivity index (χ1n) is 9.10. The van der Waals surface area contributed by atoms with Crippen LogP contribution in [0.5, 0.6) is 0 Å². The molecule has 3 aliphatic heterocycles. The zero-order valence-electron chi connectivity index (χ0n) is 14.7. The first-order valence-corrected chi connectivity index (χ1v) is 10.0. The molecule has 0 N–H and O–H groups in total. The molecule has 0 aromatic rings. The van der Waals surface area contributed by atoms with Gasteiger partial charge in [0.05, 0.1) is 22.3 Å². The minimum atomic E-state index is -0.582. The molecular weight excluding hydrogens is 344 g/mol. The molecule has 25 heavy (non-hydrogen) atoms. The standard InChI is InChI=1S/C18H24O6S/c1-8(2)18(6-4-5-7-18)24-17(21)11-10-14-13(23-16(10)20)12(15(11)25-14)22-9(3)19/h8,10-15H,4-7H2,1-3H3. The highest BCUT2D eigenvalue weighted by Gasteiger charge is 2.71. The summed E-state index contributed by atoms with van der Waals surface area (Å²) >= 11 is 1.54. The quantitative estimate of drug-likeness (QED) is 0.555. The molecular formula is C18H24O6S. The van der Waals surface area contributed by atoms with Gasteiger partial charge in [0.2, 0.25) is 0 Å². The van der Waals surface area contributed by atoms with Crippen LogP contribution in [0.15, 0.2) is 0 Å². The van der Waals surface area contributed by atoms with Gasteiger partial charge in [-0.2, -0.15) is 0 Å². The number of hydrogen-bond acceptors (Lipinski definition) is 7. The summed E-state index contributed by atoms with van der Waals surface area (Å²) in [4.78, 5) is 36.8. The molecule has 2 bridgehead atoms. The topological polar surface area (TPSA) is 78.9 Å². The number of carbonyl (C=O) groups is 3. The van der Waals surface area contributed by atoms with E-state index in [0.717, 1.165) is 25.7 Å². The third-order valence-corrected chi connectivity index (χ3v) is 8.04. The van der Waals surface area contributed by atoms with Gasteiger partial charge in [0.25, 0.3) is 0 Å². The van der Waals surface area contributed by atoms with Gasteiger partial charge in [-0.25, -0.2) is 0 Å². The maximum absolute atomic E-state index is 13.1. The molecule has 4 aliphatic rings. The Balaban J connectivity index is 1.58. The molecule has 0 amide bonds. The van der Waals surface area contributed by atoms with Crippen molar-refractivity contribution in [2.24, 2.45) is 17.8 Å². The Morgan fingerprint density at radius 3 is 2.52 bits per heavy atom. The van der Waals surface area contributed by atoms with E-state index in [1.807, 2.05) is 0 Å². The summed E-state index contributed by atoms with van der Waals surface area (Å²) in [5.74, 6) is -1.91. The zero-order valence-corrected chi connectivity index (χ0v) is 15.5. The Hall–Kier alpha value is -1.24. The molecule has 0 aromatic carbocycles. The van der Waals surface area contributed by atoms with Crippen LogP contribution < -0.4 is 0 Å². The fourth-order valence-corrected chi connectivity index (χ4v) is 6.96. The van der Waals surface area contributed by atoms with Gasteiger partial charge in [-0.15, -0.1) is 11.8 Å². The molecule has 4 rings (SSSR count). The fraction of sp³-hybridized carbons (Fsp3) is 0.833. The lowest BCUT2D eigenvalue weighted by Gasteiger charge is -2.36. The van der Waals surface area contributed by atoms with Crippen molar-refractivity contribution in [3.05, 3.63) is 0 Å². The molecule has 3 heterocycles. The molecule has 0 radical (unpaired) electrons. The van der Waals surface area contributed by atoms with Crippen LogP contribution in [0.3, 0.4) is 0 Å². The van der Waals surface area contributed by atoms with Gasteiger partial charge in [0.15, 0.2) is 12.2 Å². The number of fused-ring (bicyclic) bond motifs is 1. The van der Waals surface area contributed by atoms with Crippen LogP contribution in [0.25, 0.3) is 0 Å².